The van der Waals surface area contributed by atoms with Gasteiger partial charge in [0.2, 0.25) is 0 Å². The quantitative estimate of drug-likeness (QED) is 0.753. The first-order valence-electron chi connectivity index (χ1n) is 6.19. The molecule has 1 rings (SSSR count). The average molecular weight is 214 g/mol. The van der Waals surface area contributed by atoms with Crippen molar-refractivity contribution in [2.75, 3.05) is 26.7 Å². The van der Waals surface area contributed by atoms with Gasteiger partial charge >= 0.3 is 0 Å². The molecule has 0 amide bonds. The average Bonchev–Trinajstić information content (AvgIpc) is 2.28. The van der Waals surface area contributed by atoms with Gasteiger partial charge in [0.25, 0.3) is 0 Å². The first-order chi connectivity index (χ1) is 7.22. The van der Waals surface area contributed by atoms with Crippen LogP contribution in [-0.2, 0) is 4.74 Å². The lowest BCUT2D eigenvalue weighted by Gasteiger charge is -2.41. The first kappa shape index (κ1) is 12.9. The molecule has 1 fully saturated rings. The van der Waals surface area contributed by atoms with E-state index in [4.69, 9.17) is 10.5 Å². The van der Waals surface area contributed by atoms with Crippen LogP contribution in [0.2, 0.25) is 0 Å². The summed E-state index contributed by atoms with van der Waals surface area (Å²) in [5.74, 6) is 0.785. The van der Waals surface area contributed by atoms with Gasteiger partial charge in [0, 0.05) is 26.2 Å². The van der Waals surface area contributed by atoms with E-state index in [0.717, 1.165) is 19.0 Å². The number of hydrogen-bond donors (Lipinski definition) is 1. The zero-order valence-electron chi connectivity index (χ0n) is 10.4. The van der Waals surface area contributed by atoms with Crippen molar-refractivity contribution < 1.29 is 4.74 Å². The van der Waals surface area contributed by atoms with E-state index in [2.05, 4.69) is 18.7 Å². The molecule has 0 aromatic rings. The number of piperidine rings is 1. The molecular formula is C12H26N2O. The summed E-state index contributed by atoms with van der Waals surface area (Å²) in [5, 5.41) is 0. The fourth-order valence-electron chi connectivity index (χ4n) is 2.66. The molecule has 1 aliphatic rings. The molecular weight excluding hydrogens is 188 g/mol. The molecule has 0 aromatic carbocycles. The molecule has 1 saturated heterocycles. The molecule has 3 nitrogen and oxygen atoms in total. The van der Waals surface area contributed by atoms with Gasteiger partial charge in [-0.2, -0.15) is 0 Å². The summed E-state index contributed by atoms with van der Waals surface area (Å²) in [5.41, 5.74) is 5.89. The van der Waals surface area contributed by atoms with Crippen molar-refractivity contribution in [1.82, 2.24) is 4.90 Å². The molecule has 0 bridgehead atoms. The number of rotatable bonds is 5. The second kappa shape index (κ2) is 6.46. The standard InChI is InChI=1S/C12H26N2O/c1-4-11-6-5-7-14(12(11)8-13)9-10(2)15-3/h10-12H,4-9,13H2,1-3H3. The second-order valence-corrected chi connectivity index (χ2v) is 4.65. The van der Waals surface area contributed by atoms with Crippen LogP contribution in [-0.4, -0.2) is 43.8 Å². The van der Waals surface area contributed by atoms with Crippen LogP contribution in [0.25, 0.3) is 0 Å². The van der Waals surface area contributed by atoms with Crippen LogP contribution < -0.4 is 5.73 Å². The van der Waals surface area contributed by atoms with E-state index in [-0.39, 0.29) is 0 Å². The molecule has 3 atom stereocenters. The van der Waals surface area contributed by atoms with E-state index in [1.54, 1.807) is 7.11 Å². The Hall–Kier alpha value is -0.120. The summed E-state index contributed by atoms with van der Waals surface area (Å²) in [4.78, 5) is 2.52. The minimum Gasteiger partial charge on any atom is -0.380 e. The molecule has 0 spiro atoms. The highest BCUT2D eigenvalue weighted by atomic mass is 16.5. The maximum Gasteiger partial charge on any atom is 0.0670 e. The van der Waals surface area contributed by atoms with E-state index in [1.165, 1.54) is 25.8 Å². The van der Waals surface area contributed by atoms with Gasteiger partial charge in [-0.15, -0.1) is 0 Å². The van der Waals surface area contributed by atoms with Crippen LogP contribution in [0.4, 0.5) is 0 Å². The summed E-state index contributed by atoms with van der Waals surface area (Å²) in [7, 11) is 1.78. The minimum atomic E-state index is 0.314. The van der Waals surface area contributed by atoms with Crippen molar-refractivity contribution in [1.29, 1.82) is 0 Å². The lowest BCUT2D eigenvalue weighted by atomic mass is 9.87. The van der Waals surface area contributed by atoms with Gasteiger partial charge in [0.1, 0.15) is 0 Å². The summed E-state index contributed by atoms with van der Waals surface area (Å²) >= 11 is 0. The Morgan fingerprint density at radius 1 is 1.53 bits per heavy atom. The summed E-state index contributed by atoms with van der Waals surface area (Å²) in [6, 6.07) is 0.571. The molecule has 0 aliphatic carbocycles. The number of likely N-dealkylation sites (tertiary alicyclic amines) is 1. The topological polar surface area (TPSA) is 38.5 Å². The van der Waals surface area contributed by atoms with E-state index in [0.29, 0.717) is 12.1 Å². The molecule has 1 heterocycles. The van der Waals surface area contributed by atoms with Crippen molar-refractivity contribution in [3.05, 3.63) is 0 Å². The Bertz CT molecular complexity index is 175. The normalized spacial score (nSPS) is 30.4. The SMILES string of the molecule is CCC1CCCN(CC(C)OC)C1CN. The second-order valence-electron chi connectivity index (χ2n) is 4.65. The van der Waals surface area contributed by atoms with Gasteiger partial charge in [-0.05, 0) is 32.2 Å². The lowest BCUT2D eigenvalue weighted by Crippen LogP contribution is -2.51. The maximum atomic E-state index is 5.89. The number of nitrogens with zero attached hydrogens (tertiary/aromatic N) is 1. The smallest absolute Gasteiger partial charge is 0.0670 e. The molecule has 15 heavy (non-hydrogen) atoms. The largest absolute Gasteiger partial charge is 0.380 e. The van der Waals surface area contributed by atoms with Crippen molar-refractivity contribution >= 4 is 0 Å². The highest BCUT2D eigenvalue weighted by Crippen LogP contribution is 2.25. The minimum absolute atomic E-state index is 0.314. The van der Waals surface area contributed by atoms with E-state index >= 15 is 0 Å². The first-order valence-corrected chi connectivity index (χ1v) is 6.19. The monoisotopic (exact) mass is 214 g/mol. The number of hydrogen-bond acceptors (Lipinski definition) is 3. The molecule has 3 unspecified atom stereocenters. The van der Waals surface area contributed by atoms with Gasteiger partial charge in [-0.3, -0.25) is 4.90 Å². The zero-order chi connectivity index (χ0) is 11.3. The van der Waals surface area contributed by atoms with E-state index in [1.807, 2.05) is 0 Å². The Morgan fingerprint density at radius 3 is 2.80 bits per heavy atom. The Balaban J connectivity index is 2.52. The number of ether oxygens (including phenoxy) is 1. The van der Waals surface area contributed by atoms with Crippen LogP contribution in [0.3, 0.4) is 0 Å². The molecule has 0 saturated carbocycles. The molecule has 0 aromatic heterocycles. The molecule has 3 heteroatoms. The lowest BCUT2D eigenvalue weighted by molar-refractivity contribution is 0.0275. The third-order valence-corrected chi connectivity index (χ3v) is 3.69. The highest BCUT2D eigenvalue weighted by Gasteiger charge is 2.29. The van der Waals surface area contributed by atoms with Crippen molar-refractivity contribution in [2.45, 2.75) is 45.3 Å². The summed E-state index contributed by atoms with van der Waals surface area (Å²) < 4.78 is 5.33. The molecule has 1 aliphatic heterocycles. The summed E-state index contributed by atoms with van der Waals surface area (Å²) in [6.07, 6.45) is 4.22. The highest BCUT2D eigenvalue weighted by molar-refractivity contribution is 4.85. The van der Waals surface area contributed by atoms with E-state index < -0.39 is 0 Å². The maximum absolute atomic E-state index is 5.89. The molecule has 0 radical (unpaired) electrons. The summed E-state index contributed by atoms with van der Waals surface area (Å²) in [6.45, 7) is 7.40. The van der Waals surface area contributed by atoms with Crippen molar-refractivity contribution in [3.8, 4) is 0 Å². The Morgan fingerprint density at radius 2 is 2.27 bits per heavy atom. The van der Waals surface area contributed by atoms with Crippen molar-refractivity contribution in [2.24, 2.45) is 11.7 Å². The van der Waals surface area contributed by atoms with E-state index in [9.17, 15) is 0 Å². The predicted octanol–water partition coefficient (Wildman–Crippen LogP) is 1.47. The zero-order valence-corrected chi connectivity index (χ0v) is 10.4. The van der Waals surface area contributed by atoms with Gasteiger partial charge < -0.3 is 10.5 Å². The van der Waals surface area contributed by atoms with Gasteiger partial charge in [0.15, 0.2) is 0 Å². The van der Waals surface area contributed by atoms with Gasteiger partial charge in [0.05, 0.1) is 6.10 Å². The molecule has 90 valence electrons. The van der Waals surface area contributed by atoms with Gasteiger partial charge in [-0.1, -0.05) is 13.3 Å². The fourth-order valence-corrected chi connectivity index (χ4v) is 2.66. The van der Waals surface area contributed by atoms with Crippen LogP contribution in [0.15, 0.2) is 0 Å². The third kappa shape index (κ3) is 3.44. The van der Waals surface area contributed by atoms with Crippen LogP contribution in [0.5, 0.6) is 0 Å². The Kier molecular flexibility index (Phi) is 5.58. The third-order valence-electron chi connectivity index (χ3n) is 3.69. The molecule has 2 N–H and O–H groups in total. The number of methoxy groups -OCH3 is 1. The van der Waals surface area contributed by atoms with Crippen molar-refractivity contribution in [3.63, 3.8) is 0 Å². The van der Waals surface area contributed by atoms with Crippen LogP contribution in [0.1, 0.15) is 33.1 Å². The predicted molar refractivity (Wildman–Crippen MR) is 63.9 cm³/mol. The Labute approximate surface area is 94.0 Å². The van der Waals surface area contributed by atoms with Crippen LogP contribution in [0, 0.1) is 5.92 Å². The number of nitrogens with two attached hydrogens (primary N) is 1. The fraction of sp³-hybridized carbons (Fsp3) is 1.00. The van der Waals surface area contributed by atoms with Crippen LogP contribution >= 0.6 is 0 Å². The van der Waals surface area contributed by atoms with Gasteiger partial charge in [-0.25, -0.2) is 0 Å².